The lowest BCUT2D eigenvalue weighted by Gasteiger charge is -2.14. The number of halogens is 5. The molecule has 0 saturated carbocycles. The third kappa shape index (κ3) is 5.38. The summed E-state index contributed by atoms with van der Waals surface area (Å²) in [6, 6.07) is 5.06. The smallest absolute Gasteiger partial charge is 0.426 e. The van der Waals surface area contributed by atoms with Crippen LogP contribution in [-0.2, 0) is 24.0 Å². The number of carboxylic acid groups (broad SMARTS) is 1. The molecule has 3 rings (SSSR count). The number of benzene rings is 1. The zero-order valence-electron chi connectivity index (χ0n) is 16.1. The van der Waals surface area contributed by atoms with E-state index < -0.39 is 41.0 Å². The zero-order valence-corrected chi connectivity index (χ0v) is 16.9. The number of thiophene rings is 1. The fourth-order valence-corrected chi connectivity index (χ4v) is 3.88. The van der Waals surface area contributed by atoms with E-state index in [2.05, 4.69) is 4.98 Å². The van der Waals surface area contributed by atoms with Gasteiger partial charge in [-0.3, -0.25) is 9.78 Å². The third-order valence-electron chi connectivity index (χ3n) is 4.42. The minimum absolute atomic E-state index is 0.0997. The van der Waals surface area contributed by atoms with Crippen LogP contribution in [0.4, 0.5) is 22.0 Å². The van der Waals surface area contributed by atoms with Crippen LogP contribution < -0.4 is 4.74 Å². The van der Waals surface area contributed by atoms with Gasteiger partial charge in [-0.1, -0.05) is 6.07 Å². The number of aryl methyl sites for hydroxylation is 2. The molecule has 31 heavy (non-hydrogen) atoms. The van der Waals surface area contributed by atoms with Crippen LogP contribution in [0.1, 0.15) is 28.1 Å². The largest absolute Gasteiger partial charge is 0.483 e. The van der Waals surface area contributed by atoms with Gasteiger partial charge >= 0.3 is 12.1 Å². The van der Waals surface area contributed by atoms with Crippen molar-refractivity contribution in [2.24, 2.45) is 0 Å². The van der Waals surface area contributed by atoms with Gasteiger partial charge in [0.1, 0.15) is 11.5 Å². The molecule has 1 N–H and O–H groups in total. The SMILES string of the molecule is Cc1ccc(-c2csc(C(F)(F)F)c2COc2c(F)cc(CCC(=O)O)cc2F)cn1. The molecule has 3 aromatic rings. The Balaban J connectivity index is 1.91. The first-order chi connectivity index (χ1) is 14.6. The number of ether oxygens (including phenoxy) is 1. The van der Waals surface area contributed by atoms with Gasteiger partial charge in [0.05, 0.1) is 0 Å². The Morgan fingerprint density at radius 2 is 1.87 bits per heavy atom. The van der Waals surface area contributed by atoms with E-state index in [4.69, 9.17) is 9.84 Å². The second-order valence-corrected chi connectivity index (χ2v) is 7.59. The maximum absolute atomic E-state index is 14.3. The van der Waals surface area contributed by atoms with Crippen LogP contribution in [0.2, 0.25) is 0 Å². The third-order valence-corrected chi connectivity index (χ3v) is 5.49. The molecule has 0 bridgehead atoms. The van der Waals surface area contributed by atoms with Gasteiger partial charge in [-0.15, -0.1) is 11.3 Å². The highest BCUT2D eigenvalue weighted by molar-refractivity contribution is 7.10. The lowest BCUT2D eigenvalue weighted by Crippen LogP contribution is -2.09. The topological polar surface area (TPSA) is 59.4 Å². The van der Waals surface area contributed by atoms with Crippen molar-refractivity contribution < 1.29 is 36.6 Å². The number of rotatable bonds is 7. The first-order valence-electron chi connectivity index (χ1n) is 8.99. The summed E-state index contributed by atoms with van der Waals surface area (Å²) in [5.74, 6) is -4.20. The molecule has 0 saturated heterocycles. The van der Waals surface area contributed by atoms with E-state index in [1.165, 1.54) is 11.6 Å². The predicted octanol–water partition coefficient (Wildman–Crippen LogP) is 6.01. The highest BCUT2D eigenvalue weighted by Crippen LogP contribution is 2.42. The number of aromatic nitrogens is 1. The molecule has 0 aliphatic rings. The molecule has 0 unspecified atom stereocenters. The van der Waals surface area contributed by atoms with E-state index >= 15 is 0 Å². The van der Waals surface area contributed by atoms with Crippen molar-refractivity contribution in [3.05, 3.63) is 69.2 Å². The van der Waals surface area contributed by atoms with Crippen molar-refractivity contribution in [3.63, 3.8) is 0 Å². The fourth-order valence-electron chi connectivity index (χ4n) is 2.92. The molecular formula is C21H16F5NO3S. The summed E-state index contributed by atoms with van der Waals surface area (Å²) in [6.45, 7) is 1.01. The molecule has 0 spiro atoms. The molecule has 0 amide bonds. The fraction of sp³-hybridized carbons (Fsp3) is 0.238. The van der Waals surface area contributed by atoms with Gasteiger partial charge in [0.15, 0.2) is 17.4 Å². The number of carboxylic acids is 1. The summed E-state index contributed by atoms with van der Waals surface area (Å²) in [6.07, 6.45) is -3.68. The number of alkyl halides is 3. The van der Waals surface area contributed by atoms with Crippen molar-refractivity contribution in [2.75, 3.05) is 0 Å². The Hall–Kier alpha value is -3.01. The predicted molar refractivity (Wildman–Crippen MR) is 104 cm³/mol. The summed E-state index contributed by atoms with van der Waals surface area (Å²) < 4.78 is 74.2. The Morgan fingerprint density at radius 3 is 2.42 bits per heavy atom. The van der Waals surface area contributed by atoms with Crippen LogP contribution in [0.5, 0.6) is 5.75 Å². The van der Waals surface area contributed by atoms with Gasteiger partial charge in [-0.25, -0.2) is 8.78 Å². The molecule has 2 aromatic heterocycles. The standard InChI is InChI=1S/C21H16F5NO3S/c1-11-2-4-13(8-27-11)15-10-31-20(21(24,25)26)14(15)9-30-19-16(22)6-12(7-17(19)23)3-5-18(28)29/h2,4,6-8,10H,3,5,9H2,1H3,(H,28,29). The van der Waals surface area contributed by atoms with Crippen molar-refractivity contribution in [2.45, 2.75) is 32.5 Å². The van der Waals surface area contributed by atoms with Crippen LogP contribution in [0.3, 0.4) is 0 Å². The molecule has 0 radical (unpaired) electrons. The second-order valence-electron chi connectivity index (χ2n) is 6.71. The normalized spacial score (nSPS) is 11.5. The first-order valence-corrected chi connectivity index (χ1v) is 9.87. The maximum atomic E-state index is 14.3. The van der Waals surface area contributed by atoms with Crippen molar-refractivity contribution >= 4 is 17.3 Å². The summed E-state index contributed by atoms with van der Waals surface area (Å²) in [5.41, 5.74) is 1.16. The number of hydrogen-bond acceptors (Lipinski definition) is 4. The maximum Gasteiger partial charge on any atom is 0.426 e. The summed E-state index contributed by atoms with van der Waals surface area (Å²) >= 11 is 0.462. The molecule has 4 nitrogen and oxygen atoms in total. The van der Waals surface area contributed by atoms with Gasteiger partial charge in [-0.2, -0.15) is 13.2 Å². The molecular weight excluding hydrogens is 441 g/mol. The quantitative estimate of drug-likeness (QED) is 0.442. The Bertz CT molecular complexity index is 1070. The Kier molecular flexibility index (Phi) is 6.59. The number of nitrogens with zero attached hydrogens (tertiary/aromatic N) is 1. The lowest BCUT2D eigenvalue weighted by atomic mass is 10.0. The minimum atomic E-state index is -4.67. The second kappa shape index (κ2) is 9.01. The van der Waals surface area contributed by atoms with Gasteiger partial charge in [0.2, 0.25) is 0 Å². The van der Waals surface area contributed by atoms with Crippen LogP contribution >= 0.6 is 11.3 Å². The molecule has 164 valence electrons. The zero-order chi connectivity index (χ0) is 22.8. The van der Waals surface area contributed by atoms with Crippen LogP contribution in [0, 0.1) is 18.6 Å². The lowest BCUT2D eigenvalue weighted by molar-refractivity contribution is -0.137. The van der Waals surface area contributed by atoms with Gasteiger partial charge in [0.25, 0.3) is 0 Å². The van der Waals surface area contributed by atoms with Gasteiger partial charge in [-0.05, 0) is 42.5 Å². The molecule has 1 aromatic carbocycles. The highest BCUT2D eigenvalue weighted by atomic mass is 32.1. The van der Waals surface area contributed by atoms with E-state index in [9.17, 15) is 26.7 Å². The summed E-state index contributed by atoms with van der Waals surface area (Å²) in [4.78, 5) is 13.8. The van der Waals surface area contributed by atoms with Crippen LogP contribution in [-0.4, -0.2) is 16.1 Å². The molecule has 0 aliphatic heterocycles. The number of aliphatic carboxylic acids is 1. The highest BCUT2D eigenvalue weighted by Gasteiger charge is 2.37. The molecule has 10 heteroatoms. The number of carbonyl (C=O) groups is 1. The molecule has 0 fully saturated rings. The van der Waals surface area contributed by atoms with Crippen molar-refractivity contribution in [1.29, 1.82) is 0 Å². The van der Waals surface area contributed by atoms with Gasteiger partial charge < -0.3 is 9.84 Å². The summed E-state index contributed by atoms with van der Waals surface area (Å²) in [7, 11) is 0. The average Bonchev–Trinajstić information content (AvgIpc) is 3.10. The summed E-state index contributed by atoms with van der Waals surface area (Å²) in [5, 5.41) is 9.98. The first kappa shape index (κ1) is 22.7. The minimum Gasteiger partial charge on any atom is -0.483 e. The van der Waals surface area contributed by atoms with E-state index in [0.717, 1.165) is 12.1 Å². The number of pyridine rings is 1. The molecule has 0 aliphatic carbocycles. The van der Waals surface area contributed by atoms with Gasteiger partial charge in [0, 0.05) is 35.0 Å². The average molecular weight is 457 g/mol. The Labute approximate surface area is 177 Å². The van der Waals surface area contributed by atoms with E-state index in [1.807, 2.05) is 0 Å². The van der Waals surface area contributed by atoms with E-state index in [-0.39, 0.29) is 29.5 Å². The van der Waals surface area contributed by atoms with E-state index in [0.29, 0.717) is 22.6 Å². The molecule has 0 atom stereocenters. The van der Waals surface area contributed by atoms with E-state index in [1.54, 1.807) is 19.1 Å². The van der Waals surface area contributed by atoms with Crippen LogP contribution in [0.15, 0.2) is 35.8 Å². The van der Waals surface area contributed by atoms with Crippen molar-refractivity contribution in [3.8, 4) is 16.9 Å². The monoisotopic (exact) mass is 457 g/mol. The number of hydrogen-bond donors (Lipinski definition) is 1. The Morgan fingerprint density at radius 1 is 1.19 bits per heavy atom. The molecule has 2 heterocycles. The van der Waals surface area contributed by atoms with Crippen molar-refractivity contribution in [1.82, 2.24) is 4.98 Å². The van der Waals surface area contributed by atoms with Crippen LogP contribution in [0.25, 0.3) is 11.1 Å².